The van der Waals surface area contributed by atoms with E-state index in [0.717, 1.165) is 18.5 Å². The van der Waals surface area contributed by atoms with E-state index in [1.165, 1.54) is 0 Å². The van der Waals surface area contributed by atoms with Gasteiger partial charge >= 0.3 is 0 Å². The smallest absolute Gasteiger partial charge is 0.276 e. The molecule has 6 nitrogen and oxygen atoms in total. The molecule has 0 unspecified atom stereocenters. The largest absolute Gasteiger partial charge is 0.497 e. The molecule has 1 fully saturated rings. The molecule has 1 aliphatic rings. The van der Waals surface area contributed by atoms with Crippen molar-refractivity contribution in [3.05, 3.63) is 35.7 Å². The van der Waals surface area contributed by atoms with Gasteiger partial charge in [-0.05, 0) is 31.0 Å². The van der Waals surface area contributed by atoms with Crippen LogP contribution in [0.5, 0.6) is 5.75 Å². The molecule has 6 heteroatoms. The predicted octanol–water partition coefficient (Wildman–Crippen LogP) is 2.13. The molecule has 1 aliphatic carbocycles. The molecule has 0 spiro atoms. The summed E-state index contributed by atoms with van der Waals surface area (Å²) >= 11 is 0. The first-order valence-corrected chi connectivity index (χ1v) is 6.47. The number of aromatic nitrogens is 2. The summed E-state index contributed by atoms with van der Waals surface area (Å²) < 4.78 is 5.11. The first-order valence-electron chi connectivity index (χ1n) is 6.47. The van der Waals surface area contributed by atoms with Gasteiger partial charge in [0.1, 0.15) is 5.75 Å². The summed E-state index contributed by atoms with van der Waals surface area (Å²) in [7, 11) is 1.56. The number of carbonyl (C=O) groups excluding carboxylic acids is 1. The summed E-state index contributed by atoms with van der Waals surface area (Å²) in [6.07, 6.45) is 2.32. The molecule has 1 aromatic carbocycles. The molecule has 0 radical (unpaired) electrons. The van der Waals surface area contributed by atoms with Crippen LogP contribution in [-0.2, 0) is 0 Å². The lowest BCUT2D eigenvalue weighted by molar-refractivity contribution is 0.102. The van der Waals surface area contributed by atoms with Gasteiger partial charge in [-0.1, -0.05) is 0 Å². The van der Waals surface area contributed by atoms with Crippen molar-refractivity contribution in [3.8, 4) is 5.75 Å². The van der Waals surface area contributed by atoms with E-state index in [-0.39, 0.29) is 5.91 Å². The highest BCUT2D eigenvalue weighted by Crippen LogP contribution is 2.39. The van der Waals surface area contributed by atoms with Crippen LogP contribution in [0.25, 0.3) is 0 Å². The minimum atomic E-state index is -0.284. The quantitative estimate of drug-likeness (QED) is 0.743. The van der Waals surface area contributed by atoms with E-state index < -0.39 is 0 Å². The van der Waals surface area contributed by atoms with Crippen LogP contribution in [0.3, 0.4) is 0 Å². The van der Waals surface area contributed by atoms with Crippen molar-refractivity contribution in [1.29, 1.82) is 0 Å². The fraction of sp³-hybridized carbons (Fsp3) is 0.286. The third kappa shape index (κ3) is 2.45. The SMILES string of the molecule is COc1ccc(N)c(NC(=O)c2cc(C3CC3)[nH]n2)c1. The summed E-state index contributed by atoms with van der Waals surface area (Å²) in [6, 6.07) is 6.91. The minimum Gasteiger partial charge on any atom is -0.497 e. The van der Waals surface area contributed by atoms with Crippen molar-refractivity contribution in [2.24, 2.45) is 0 Å². The second kappa shape index (κ2) is 4.88. The molecule has 1 amide bonds. The Hall–Kier alpha value is -2.50. The maximum atomic E-state index is 12.1. The number of hydrogen-bond donors (Lipinski definition) is 3. The van der Waals surface area contributed by atoms with Gasteiger partial charge in [0.15, 0.2) is 5.69 Å². The molecule has 3 rings (SSSR count). The standard InChI is InChI=1S/C14H16N4O2/c1-20-9-4-5-10(15)12(6-9)16-14(19)13-7-11(17-18-13)8-2-3-8/h4-8H,2-3,15H2,1H3,(H,16,19)(H,17,18). The summed E-state index contributed by atoms with van der Waals surface area (Å²) in [5.74, 6) is 0.884. The molecular weight excluding hydrogens is 256 g/mol. The van der Waals surface area contributed by atoms with Gasteiger partial charge in [0.25, 0.3) is 5.91 Å². The van der Waals surface area contributed by atoms with E-state index >= 15 is 0 Å². The molecule has 1 saturated carbocycles. The molecular formula is C14H16N4O2. The highest BCUT2D eigenvalue weighted by molar-refractivity contribution is 6.04. The van der Waals surface area contributed by atoms with Gasteiger partial charge in [-0.25, -0.2) is 0 Å². The van der Waals surface area contributed by atoms with Crippen LogP contribution in [-0.4, -0.2) is 23.2 Å². The van der Waals surface area contributed by atoms with Crippen molar-refractivity contribution < 1.29 is 9.53 Å². The van der Waals surface area contributed by atoms with Gasteiger partial charge in [0.2, 0.25) is 0 Å². The number of nitrogens with two attached hydrogens (primary N) is 1. The molecule has 1 aromatic heterocycles. The van der Waals surface area contributed by atoms with Gasteiger partial charge in [0.05, 0.1) is 18.5 Å². The third-order valence-corrected chi connectivity index (χ3v) is 3.36. The second-order valence-electron chi connectivity index (χ2n) is 4.89. The fourth-order valence-electron chi connectivity index (χ4n) is 2.01. The molecule has 20 heavy (non-hydrogen) atoms. The molecule has 0 aliphatic heterocycles. The summed E-state index contributed by atoms with van der Waals surface area (Å²) in [4.78, 5) is 12.1. The third-order valence-electron chi connectivity index (χ3n) is 3.36. The number of nitrogen functional groups attached to an aromatic ring is 1. The number of amides is 1. The number of anilines is 2. The van der Waals surface area contributed by atoms with Gasteiger partial charge in [0, 0.05) is 17.7 Å². The van der Waals surface area contributed by atoms with E-state index in [9.17, 15) is 4.79 Å². The van der Waals surface area contributed by atoms with E-state index in [4.69, 9.17) is 10.5 Å². The Morgan fingerprint density at radius 3 is 2.95 bits per heavy atom. The Kier molecular flexibility index (Phi) is 3.06. The zero-order valence-corrected chi connectivity index (χ0v) is 11.1. The van der Waals surface area contributed by atoms with Gasteiger partial charge < -0.3 is 15.8 Å². The predicted molar refractivity (Wildman–Crippen MR) is 75.9 cm³/mol. The molecule has 0 saturated heterocycles. The van der Waals surface area contributed by atoms with Crippen LogP contribution >= 0.6 is 0 Å². The van der Waals surface area contributed by atoms with Gasteiger partial charge in [-0.3, -0.25) is 9.89 Å². The van der Waals surface area contributed by atoms with Gasteiger partial charge in [-0.2, -0.15) is 5.10 Å². The van der Waals surface area contributed by atoms with Crippen LogP contribution in [0.15, 0.2) is 24.3 Å². The number of nitrogens with zero attached hydrogens (tertiary/aromatic N) is 1. The Bertz CT molecular complexity index is 646. The summed E-state index contributed by atoms with van der Waals surface area (Å²) in [6.45, 7) is 0. The minimum absolute atomic E-state index is 0.284. The number of H-pyrrole nitrogens is 1. The molecule has 0 bridgehead atoms. The second-order valence-corrected chi connectivity index (χ2v) is 4.89. The number of nitrogens with one attached hydrogen (secondary N) is 2. The highest BCUT2D eigenvalue weighted by Gasteiger charge is 2.26. The van der Waals surface area contributed by atoms with Crippen molar-refractivity contribution in [1.82, 2.24) is 10.2 Å². The lowest BCUT2D eigenvalue weighted by Gasteiger charge is -2.08. The Morgan fingerprint density at radius 1 is 1.45 bits per heavy atom. The number of carbonyl (C=O) groups is 1. The Balaban J connectivity index is 1.77. The van der Waals surface area contributed by atoms with E-state index in [0.29, 0.717) is 28.7 Å². The number of methoxy groups -OCH3 is 1. The fourth-order valence-corrected chi connectivity index (χ4v) is 2.01. The molecule has 4 N–H and O–H groups in total. The van der Waals surface area contributed by atoms with Crippen molar-refractivity contribution >= 4 is 17.3 Å². The van der Waals surface area contributed by atoms with Crippen LogP contribution < -0.4 is 15.8 Å². The van der Waals surface area contributed by atoms with E-state index in [1.54, 1.807) is 31.4 Å². The molecule has 104 valence electrons. The number of benzene rings is 1. The van der Waals surface area contributed by atoms with Crippen molar-refractivity contribution in [2.45, 2.75) is 18.8 Å². The topological polar surface area (TPSA) is 93.0 Å². The molecule has 2 aromatic rings. The van der Waals surface area contributed by atoms with Crippen LogP contribution in [0.1, 0.15) is 34.9 Å². The summed E-state index contributed by atoms with van der Waals surface area (Å²) in [5, 5.41) is 9.69. The maximum absolute atomic E-state index is 12.1. The zero-order valence-electron chi connectivity index (χ0n) is 11.1. The van der Waals surface area contributed by atoms with Crippen molar-refractivity contribution in [2.75, 3.05) is 18.2 Å². The Labute approximate surface area is 116 Å². The van der Waals surface area contributed by atoms with Gasteiger partial charge in [-0.15, -0.1) is 0 Å². The first-order chi connectivity index (χ1) is 9.67. The van der Waals surface area contributed by atoms with E-state index in [1.807, 2.05) is 0 Å². The first kappa shape index (κ1) is 12.5. The van der Waals surface area contributed by atoms with E-state index in [2.05, 4.69) is 15.5 Å². The number of rotatable bonds is 4. The average molecular weight is 272 g/mol. The average Bonchev–Trinajstić information content (AvgIpc) is 3.18. The molecule has 0 atom stereocenters. The van der Waals surface area contributed by atoms with Crippen molar-refractivity contribution in [3.63, 3.8) is 0 Å². The lowest BCUT2D eigenvalue weighted by Crippen LogP contribution is -2.13. The lowest BCUT2D eigenvalue weighted by atomic mass is 10.2. The van der Waals surface area contributed by atoms with Crippen LogP contribution in [0.4, 0.5) is 11.4 Å². The number of hydrogen-bond acceptors (Lipinski definition) is 4. The normalized spacial score (nSPS) is 14.1. The maximum Gasteiger partial charge on any atom is 0.276 e. The number of aromatic amines is 1. The van der Waals surface area contributed by atoms with Crippen LogP contribution in [0, 0.1) is 0 Å². The summed E-state index contributed by atoms with van der Waals surface area (Å²) in [5.41, 5.74) is 8.23. The van der Waals surface area contributed by atoms with Crippen LogP contribution in [0.2, 0.25) is 0 Å². The zero-order chi connectivity index (χ0) is 14.1. The monoisotopic (exact) mass is 272 g/mol. The number of ether oxygens (including phenoxy) is 1. The highest BCUT2D eigenvalue weighted by atomic mass is 16.5. The Morgan fingerprint density at radius 2 is 2.25 bits per heavy atom. The molecule has 1 heterocycles.